The molecule has 1 aliphatic carbocycles. The van der Waals surface area contributed by atoms with Crippen molar-refractivity contribution in [3.8, 4) is 0 Å². The lowest BCUT2D eigenvalue weighted by atomic mass is 9.70. The Bertz CT molecular complexity index is 1230. The molecule has 2 N–H and O–H groups in total. The van der Waals surface area contributed by atoms with Crippen molar-refractivity contribution in [1.29, 1.82) is 0 Å². The van der Waals surface area contributed by atoms with Gasteiger partial charge in [0.1, 0.15) is 17.7 Å². The van der Waals surface area contributed by atoms with Crippen molar-refractivity contribution < 1.29 is 33.8 Å². The summed E-state index contributed by atoms with van der Waals surface area (Å²) in [5.74, 6) is -3.14. The van der Waals surface area contributed by atoms with Crippen LogP contribution in [0, 0.1) is 11.8 Å². The molecule has 1 saturated carbocycles. The Morgan fingerprint density at radius 1 is 1.14 bits per heavy atom. The number of rotatable bonds is 14. The molecular weight excluding hydrogens is 562 g/mol. The van der Waals surface area contributed by atoms with Gasteiger partial charge in [-0.2, -0.15) is 0 Å². The Labute approximate surface area is 259 Å². The number of fused-ring (bicyclic) bond motifs is 1. The zero-order valence-electron chi connectivity index (χ0n) is 25.4. The minimum absolute atomic E-state index is 0.0285. The highest BCUT2D eigenvalue weighted by Crippen LogP contribution is 2.59. The lowest BCUT2D eigenvalue weighted by molar-refractivity contribution is -0.160. The molecule has 3 heterocycles. The summed E-state index contributed by atoms with van der Waals surface area (Å²) in [4.78, 5) is 58.1. The van der Waals surface area contributed by atoms with Crippen LogP contribution < -0.4 is 5.32 Å². The van der Waals surface area contributed by atoms with Crippen LogP contribution in [0.5, 0.6) is 0 Å². The number of likely N-dealkylation sites (tertiary alicyclic amines) is 1. The molecule has 4 aliphatic rings. The summed E-state index contributed by atoms with van der Waals surface area (Å²) in [7, 11) is 0. The van der Waals surface area contributed by atoms with Crippen molar-refractivity contribution in [3.05, 3.63) is 61.2 Å². The lowest BCUT2D eigenvalue weighted by Crippen LogP contribution is -2.58. The summed E-state index contributed by atoms with van der Waals surface area (Å²) in [6, 6.07) is 8.27. The minimum atomic E-state index is -1.17. The second-order valence-electron chi connectivity index (χ2n) is 12.3. The van der Waals surface area contributed by atoms with Crippen LogP contribution in [0.15, 0.2) is 55.6 Å². The molecule has 3 aliphatic heterocycles. The van der Waals surface area contributed by atoms with Gasteiger partial charge in [-0.25, -0.2) is 0 Å². The van der Waals surface area contributed by atoms with Crippen LogP contribution in [0.2, 0.25) is 0 Å². The first-order chi connectivity index (χ1) is 21.4. The molecule has 10 nitrogen and oxygen atoms in total. The fourth-order valence-electron chi connectivity index (χ4n) is 7.80. The second-order valence-corrected chi connectivity index (χ2v) is 12.3. The molecule has 1 aromatic carbocycles. The zero-order valence-corrected chi connectivity index (χ0v) is 25.4. The van der Waals surface area contributed by atoms with E-state index in [2.05, 4.69) is 18.5 Å². The van der Waals surface area contributed by atoms with Gasteiger partial charge in [0.15, 0.2) is 0 Å². The normalized spacial score (nSPS) is 28.3. The topological polar surface area (TPSA) is 125 Å². The van der Waals surface area contributed by atoms with Crippen molar-refractivity contribution in [1.82, 2.24) is 15.1 Å². The number of benzene rings is 1. The van der Waals surface area contributed by atoms with Crippen LogP contribution >= 0.6 is 0 Å². The number of allylic oxidation sites excluding steroid dienone is 1. The standard InChI is InChI=1S/C34H45N3O7/c1-3-5-16-27(39)35-22-26(23-12-8-6-9-13-23)43-33(42)28-25-17-18-34(44-25)29(28)31(40)37(20-21-38)30(34)32(41)36(19-4-2)24-14-10-7-11-15-24/h3-4,6,8-9,12-13,24-26,28-30,38H,1-2,5,7,10-11,14-22H2,(H,35,39)/t25-,26-,28+,29+,30-,34+/m1/s1. The van der Waals surface area contributed by atoms with Gasteiger partial charge in [0, 0.05) is 25.6 Å². The highest BCUT2D eigenvalue weighted by Gasteiger charge is 2.75. The van der Waals surface area contributed by atoms with Crippen LogP contribution in [-0.2, 0) is 28.7 Å². The molecule has 6 atom stereocenters. The first kappa shape index (κ1) is 31.9. The molecule has 1 spiro atoms. The summed E-state index contributed by atoms with van der Waals surface area (Å²) in [5.41, 5.74) is -0.462. The molecule has 0 unspecified atom stereocenters. The SMILES string of the molecule is C=CCCC(=O)NC[C@@H](OC(=O)[C@@H]1[C@H]2C(=O)N(CCO)[C@H](C(=O)N(CC=C)C3CCCCC3)[C@]23CC[C@H]1O3)c1ccccc1. The second kappa shape index (κ2) is 14.1. The van der Waals surface area contributed by atoms with E-state index in [1.165, 1.54) is 4.90 Å². The number of hydrogen-bond acceptors (Lipinski definition) is 7. The fourth-order valence-corrected chi connectivity index (χ4v) is 7.80. The van der Waals surface area contributed by atoms with Gasteiger partial charge in [-0.05, 0) is 37.7 Å². The number of amides is 3. The number of carbonyl (C=O) groups is 4. The van der Waals surface area contributed by atoms with Crippen molar-refractivity contribution in [2.45, 2.75) is 87.7 Å². The minimum Gasteiger partial charge on any atom is -0.455 e. The Hall–Kier alpha value is -3.50. The van der Waals surface area contributed by atoms with Gasteiger partial charge in [0.05, 0.1) is 31.1 Å². The first-order valence-electron chi connectivity index (χ1n) is 16.0. The largest absolute Gasteiger partial charge is 0.455 e. The van der Waals surface area contributed by atoms with Gasteiger partial charge in [-0.15, -0.1) is 13.2 Å². The Morgan fingerprint density at radius 3 is 2.57 bits per heavy atom. The molecule has 238 valence electrons. The molecule has 2 bridgehead atoms. The molecular formula is C34H45N3O7. The third kappa shape index (κ3) is 6.06. The van der Waals surface area contributed by atoms with Crippen LogP contribution in [0.3, 0.4) is 0 Å². The Kier molecular flexibility index (Phi) is 10.2. The number of esters is 1. The van der Waals surface area contributed by atoms with Gasteiger partial charge in [-0.1, -0.05) is 61.7 Å². The van der Waals surface area contributed by atoms with E-state index in [1.807, 2.05) is 35.2 Å². The number of nitrogens with zero attached hydrogens (tertiary/aromatic N) is 2. The maximum atomic E-state index is 14.4. The average molecular weight is 608 g/mol. The Balaban J connectivity index is 1.40. The lowest BCUT2D eigenvalue weighted by Gasteiger charge is -2.40. The van der Waals surface area contributed by atoms with Gasteiger partial charge in [0.2, 0.25) is 17.7 Å². The third-order valence-electron chi connectivity index (χ3n) is 9.76. The fraction of sp³-hybridized carbons (Fsp3) is 0.588. The number of β-amino-alcohol motifs (C(OH)–C–C–N with tert-alkyl or cyclic N) is 1. The van der Waals surface area contributed by atoms with Crippen LogP contribution in [-0.4, -0.2) is 88.6 Å². The highest BCUT2D eigenvalue weighted by atomic mass is 16.6. The van der Waals surface area contributed by atoms with E-state index in [1.54, 1.807) is 12.2 Å². The number of aliphatic hydroxyl groups excluding tert-OH is 1. The third-order valence-corrected chi connectivity index (χ3v) is 9.76. The summed E-state index contributed by atoms with van der Waals surface area (Å²) >= 11 is 0. The maximum Gasteiger partial charge on any atom is 0.313 e. The Morgan fingerprint density at radius 2 is 1.89 bits per heavy atom. The van der Waals surface area contributed by atoms with Crippen LogP contribution in [0.4, 0.5) is 0 Å². The summed E-state index contributed by atoms with van der Waals surface area (Å²) in [6.07, 6.45) is 8.80. The number of carbonyl (C=O) groups excluding carboxylic acids is 4. The predicted molar refractivity (Wildman–Crippen MR) is 163 cm³/mol. The maximum absolute atomic E-state index is 14.4. The molecule has 0 radical (unpaired) electrons. The first-order valence-corrected chi connectivity index (χ1v) is 16.0. The van der Waals surface area contributed by atoms with Gasteiger partial charge in [-0.3, -0.25) is 19.2 Å². The molecule has 4 fully saturated rings. The molecule has 3 saturated heterocycles. The molecule has 5 rings (SSSR count). The van der Waals surface area contributed by atoms with E-state index in [4.69, 9.17) is 9.47 Å². The monoisotopic (exact) mass is 607 g/mol. The van der Waals surface area contributed by atoms with Crippen molar-refractivity contribution in [2.75, 3.05) is 26.2 Å². The molecule has 3 amide bonds. The predicted octanol–water partition coefficient (Wildman–Crippen LogP) is 3.07. The van der Waals surface area contributed by atoms with E-state index < -0.39 is 41.7 Å². The number of nitrogens with one attached hydrogen (secondary N) is 1. The quantitative estimate of drug-likeness (QED) is 0.246. The number of ether oxygens (including phenoxy) is 2. The van der Waals surface area contributed by atoms with E-state index in [-0.39, 0.29) is 49.9 Å². The van der Waals surface area contributed by atoms with Crippen LogP contribution in [0.1, 0.15) is 69.5 Å². The van der Waals surface area contributed by atoms with Crippen LogP contribution in [0.25, 0.3) is 0 Å². The molecule has 1 aromatic rings. The summed E-state index contributed by atoms with van der Waals surface area (Å²) in [5, 5.41) is 12.8. The van der Waals surface area contributed by atoms with Crippen molar-refractivity contribution in [3.63, 3.8) is 0 Å². The van der Waals surface area contributed by atoms with E-state index >= 15 is 0 Å². The molecule has 44 heavy (non-hydrogen) atoms. The summed E-state index contributed by atoms with van der Waals surface area (Å²) < 4.78 is 12.6. The number of hydrogen-bond donors (Lipinski definition) is 2. The zero-order chi connectivity index (χ0) is 31.3. The van der Waals surface area contributed by atoms with Crippen molar-refractivity contribution >= 4 is 23.7 Å². The smallest absolute Gasteiger partial charge is 0.313 e. The van der Waals surface area contributed by atoms with Gasteiger partial charge in [0.25, 0.3) is 0 Å². The van der Waals surface area contributed by atoms with Gasteiger partial charge < -0.3 is 29.7 Å². The molecule has 10 heteroatoms. The van der Waals surface area contributed by atoms with Crippen molar-refractivity contribution in [2.24, 2.45) is 11.8 Å². The van der Waals surface area contributed by atoms with E-state index in [0.717, 1.165) is 32.1 Å². The van der Waals surface area contributed by atoms with E-state index in [9.17, 15) is 24.3 Å². The van der Waals surface area contributed by atoms with E-state index in [0.29, 0.717) is 31.4 Å². The average Bonchev–Trinajstić information content (AvgIpc) is 3.69. The number of aliphatic hydroxyl groups is 1. The molecule has 0 aromatic heterocycles. The highest BCUT2D eigenvalue weighted by molar-refractivity contribution is 5.98. The summed E-state index contributed by atoms with van der Waals surface area (Å²) in [6.45, 7) is 7.61. The van der Waals surface area contributed by atoms with Gasteiger partial charge >= 0.3 is 5.97 Å².